The van der Waals surface area contributed by atoms with E-state index in [2.05, 4.69) is 10.6 Å². The van der Waals surface area contributed by atoms with Crippen LogP contribution in [0.15, 0.2) is 72.8 Å². The summed E-state index contributed by atoms with van der Waals surface area (Å²) in [5, 5.41) is 15.3. The van der Waals surface area contributed by atoms with Crippen molar-refractivity contribution in [1.29, 1.82) is 0 Å². The van der Waals surface area contributed by atoms with E-state index in [0.29, 0.717) is 27.8 Å². The third-order valence-electron chi connectivity index (χ3n) is 3.93. The molecule has 0 unspecified atom stereocenters. The summed E-state index contributed by atoms with van der Waals surface area (Å²) in [7, 11) is 0. The number of phenolic OH excluding ortho intramolecular Hbond substituents is 1. The highest BCUT2D eigenvalue weighted by Gasteiger charge is 2.08. The van der Waals surface area contributed by atoms with Gasteiger partial charge in [0.25, 0.3) is 5.91 Å². The number of halogens is 1. The van der Waals surface area contributed by atoms with E-state index in [-0.39, 0.29) is 30.5 Å². The van der Waals surface area contributed by atoms with Crippen molar-refractivity contribution in [1.82, 2.24) is 5.32 Å². The Labute approximate surface area is 173 Å². The first kappa shape index (κ1) is 20.2. The van der Waals surface area contributed by atoms with Crippen LogP contribution in [0.1, 0.15) is 16.8 Å². The molecule has 0 aliphatic rings. The van der Waals surface area contributed by atoms with Gasteiger partial charge in [-0.1, -0.05) is 17.7 Å². The molecule has 7 heteroatoms. The van der Waals surface area contributed by atoms with Gasteiger partial charge in [0.2, 0.25) is 5.91 Å². The number of benzene rings is 3. The van der Waals surface area contributed by atoms with Gasteiger partial charge in [0.15, 0.2) is 0 Å². The third-order valence-corrected chi connectivity index (χ3v) is 4.19. The van der Waals surface area contributed by atoms with E-state index in [1.807, 2.05) is 0 Å². The van der Waals surface area contributed by atoms with Crippen molar-refractivity contribution in [2.75, 3.05) is 11.9 Å². The fourth-order valence-electron chi connectivity index (χ4n) is 2.50. The van der Waals surface area contributed by atoms with Crippen LogP contribution < -0.4 is 15.4 Å². The number of carbonyl (C=O) groups is 2. The Morgan fingerprint density at radius 3 is 2.38 bits per heavy atom. The van der Waals surface area contributed by atoms with Crippen molar-refractivity contribution in [2.45, 2.75) is 6.42 Å². The SMILES string of the molecule is O=C(CCNC(=O)c1ccc(O)cc1)Nc1cccc(Oc2ccc(Cl)cc2)c1. The van der Waals surface area contributed by atoms with Crippen molar-refractivity contribution in [3.63, 3.8) is 0 Å². The molecule has 3 rings (SSSR count). The molecule has 29 heavy (non-hydrogen) atoms. The maximum atomic E-state index is 12.1. The molecule has 3 N–H and O–H groups in total. The van der Waals surface area contributed by atoms with Crippen molar-refractivity contribution in [3.8, 4) is 17.2 Å². The summed E-state index contributed by atoms with van der Waals surface area (Å²) >= 11 is 5.86. The maximum Gasteiger partial charge on any atom is 0.251 e. The molecule has 0 heterocycles. The Bertz CT molecular complexity index is 988. The van der Waals surface area contributed by atoms with Crippen LogP contribution in [0.2, 0.25) is 5.02 Å². The van der Waals surface area contributed by atoms with Crippen LogP contribution in [0.4, 0.5) is 5.69 Å². The van der Waals surface area contributed by atoms with Crippen LogP contribution in [-0.4, -0.2) is 23.5 Å². The molecule has 0 atom stereocenters. The zero-order valence-electron chi connectivity index (χ0n) is 15.4. The Morgan fingerprint density at radius 1 is 0.931 bits per heavy atom. The molecular weight excluding hydrogens is 392 g/mol. The first-order valence-corrected chi connectivity index (χ1v) is 9.28. The second-order valence-electron chi connectivity index (χ2n) is 6.18. The Balaban J connectivity index is 1.48. The zero-order chi connectivity index (χ0) is 20.6. The van der Waals surface area contributed by atoms with Crippen molar-refractivity contribution < 1.29 is 19.4 Å². The summed E-state index contributed by atoms with van der Waals surface area (Å²) in [5.74, 6) is 0.750. The van der Waals surface area contributed by atoms with E-state index in [1.165, 1.54) is 24.3 Å². The molecule has 6 nitrogen and oxygen atoms in total. The van der Waals surface area contributed by atoms with E-state index >= 15 is 0 Å². The number of hydrogen-bond acceptors (Lipinski definition) is 4. The average Bonchev–Trinajstić information content (AvgIpc) is 2.70. The average molecular weight is 411 g/mol. The van der Waals surface area contributed by atoms with Gasteiger partial charge in [0.1, 0.15) is 17.2 Å². The van der Waals surface area contributed by atoms with Gasteiger partial charge in [-0.15, -0.1) is 0 Å². The molecule has 0 saturated carbocycles. The van der Waals surface area contributed by atoms with Crippen LogP contribution in [0.5, 0.6) is 17.2 Å². The van der Waals surface area contributed by atoms with Crippen molar-refractivity contribution in [2.24, 2.45) is 0 Å². The molecule has 0 aliphatic carbocycles. The number of rotatable bonds is 7. The van der Waals surface area contributed by atoms with Gasteiger partial charge in [-0.3, -0.25) is 9.59 Å². The van der Waals surface area contributed by atoms with E-state index in [0.717, 1.165) is 0 Å². The summed E-state index contributed by atoms with van der Waals surface area (Å²) in [4.78, 5) is 24.1. The van der Waals surface area contributed by atoms with Crippen LogP contribution in [-0.2, 0) is 4.79 Å². The number of anilines is 1. The van der Waals surface area contributed by atoms with E-state index in [9.17, 15) is 14.7 Å². The topological polar surface area (TPSA) is 87.7 Å². The lowest BCUT2D eigenvalue weighted by Crippen LogP contribution is -2.27. The monoisotopic (exact) mass is 410 g/mol. The molecule has 148 valence electrons. The van der Waals surface area contributed by atoms with E-state index < -0.39 is 0 Å². The minimum Gasteiger partial charge on any atom is -0.508 e. The predicted molar refractivity (Wildman–Crippen MR) is 112 cm³/mol. The van der Waals surface area contributed by atoms with Gasteiger partial charge >= 0.3 is 0 Å². The second-order valence-corrected chi connectivity index (χ2v) is 6.62. The number of hydrogen-bond donors (Lipinski definition) is 3. The summed E-state index contributed by atoms with van der Waals surface area (Å²) in [6, 6.07) is 19.9. The molecule has 0 fully saturated rings. The lowest BCUT2D eigenvalue weighted by molar-refractivity contribution is -0.116. The van der Waals surface area contributed by atoms with Crippen molar-refractivity contribution in [3.05, 3.63) is 83.4 Å². The third kappa shape index (κ3) is 6.26. The summed E-state index contributed by atoms with van der Waals surface area (Å²) in [5.41, 5.74) is 1.00. The molecule has 0 bridgehead atoms. The molecule has 0 saturated heterocycles. The predicted octanol–water partition coefficient (Wildman–Crippen LogP) is 4.60. The van der Waals surface area contributed by atoms with Gasteiger partial charge in [-0.05, 0) is 60.7 Å². The Kier molecular flexibility index (Phi) is 6.71. The summed E-state index contributed by atoms with van der Waals surface area (Å²) in [6.07, 6.45) is 0.117. The number of ether oxygens (including phenoxy) is 1. The number of nitrogens with one attached hydrogen (secondary N) is 2. The van der Waals surface area contributed by atoms with Gasteiger partial charge in [-0.2, -0.15) is 0 Å². The highest BCUT2D eigenvalue weighted by molar-refractivity contribution is 6.30. The molecule has 0 spiro atoms. The number of aromatic hydroxyl groups is 1. The standard InChI is InChI=1S/C22H19ClN2O4/c23-16-6-10-19(11-7-16)29-20-3-1-2-17(14-20)25-21(27)12-13-24-22(28)15-4-8-18(26)9-5-15/h1-11,14,26H,12-13H2,(H,24,28)(H,25,27). The zero-order valence-corrected chi connectivity index (χ0v) is 16.1. The van der Waals surface area contributed by atoms with Gasteiger partial charge < -0.3 is 20.5 Å². The maximum absolute atomic E-state index is 12.1. The quantitative estimate of drug-likeness (QED) is 0.531. The minimum atomic E-state index is -0.309. The summed E-state index contributed by atoms with van der Waals surface area (Å²) < 4.78 is 5.74. The number of amides is 2. The van der Waals surface area contributed by atoms with Gasteiger partial charge in [-0.25, -0.2) is 0 Å². The largest absolute Gasteiger partial charge is 0.508 e. The molecule has 0 aliphatic heterocycles. The molecule has 3 aromatic rings. The molecule has 3 aromatic carbocycles. The fourth-order valence-corrected chi connectivity index (χ4v) is 2.63. The fraction of sp³-hybridized carbons (Fsp3) is 0.0909. The van der Waals surface area contributed by atoms with E-state index in [4.69, 9.17) is 16.3 Å². The lowest BCUT2D eigenvalue weighted by Gasteiger charge is -2.10. The summed E-state index contributed by atoms with van der Waals surface area (Å²) in [6.45, 7) is 0.187. The van der Waals surface area contributed by atoms with Crippen LogP contribution >= 0.6 is 11.6 Å². The van der Waals surface area contributed by atoms with E-state index in [1.54, 1.807) is 48.5 Å². The van der Waals surface area contributed by atoms with Gasteiger partial charge in [0, 0.05) is 35.3 Å². The second kappa shape index (κ2) is 9.61. The lowest BCUT2D eigenvalue weighted by atomic mass is 10.2. The highest BCUT2D eigenvalue weighted by Crippen LogP contribution is 2.25. The molecule has 0 aromatic heterocycles. The van der Waals surface area contributed by atoms with Crippen LogP contribution in [0.25, 0.3) is 0 Å². The smallest absolute Gasteiger partial charge is 0.251 e. The molecule has 2 amide bonds. The number of carbonyl (C=O) groups excluding carboxylic acids is 2. The Morgan fingerprint density at radius 2 is 1.66 bits per heavy atom. The van der Waals surface area contributed by atoms with Crippen molar-refractivity contribution >= 4 is 29.1 Å². The first-order valence-electron chi connectivity index (χ1n) is 8.90. The minimum absolute atomic E-state index is 0.0863. The van der Waals surface area contributed by atoms with Crippen LogP contribution in [0.3, 0.4) is 0 Å². The molecular formula is C22H19ClN2O4. The molecule has 0 radical (unpaired) electrons. The first-order chi connectivity index (χ1) is 14.0. The highest BCUT2D eigenvalue weighted by atomic mass is 35.5. The van der Waals surface area contributed by atoms with Crippen LogP contribution in [0, 0.1) is 0 Å². The number of phenols is 1. The normalized spacial score (nSPS) is 10.2. The Hall–Kier alpha value is -3.51. The van der Waals surface area contributed by atoms with Gasteiger partial charge in [0.05, 0.1) is 0 Å².